The lowest BCUT2D eigenvalue weighted by atomic mass is 10.1. The van der Waals surface area contributed by atoms with E-state index in [1.165, 1.54) is 18.2 Å². The van der Waals surface area contributed by atoms with Crippen molar-refractivity contribution in [3.63, 3.8) is 0 Å². The van der Waals surface area contributed by atoms with E-state index >= 15 is 0 Å². The molecule has 2 aromatic carbocycles. The Morgan fingerprint density at radius 3 is 2.43 bits per heavy atom. The molecule has 0 bridgehead atoms. The fourth-order valence-corrected chi connectivity index (χ4v) is 2.89. The molecular formula is C17H17ClN2O3. The Hall–Kier alpha value is -2.40. The SMILES string of the molecule is O=C(N[C@H]1CCN(c2ccc(Cl)cc2)C1)c1cc(O)cc(O)c1. The van der Waals surface area contributed by atoms with E-state index in [1.54, 1.807) is 0 Å². The first-order chi connectivity index (χ1) is 11.0. The monoisotopic (exact) mass is 332 g/mol. The van der Waals surface area contributed by atoms with Crippen LogP contribution in [0.5, 0.6) is 11.5 Å². The van der Waals surface area contributed by atoms with E-state index in [0.29, 0.717) is 11.6 Å². The summed E-state index contributed by atoms with van der Waals surface area (Å²) in [6.45, 7) is 1.55. The predicted octanol–water partition coefficient (Wildman–Crippen LogP) is 2.76. The zero-order valence-electron chi connectivity index (χ0n) is 12.4. The Morgan fingerprint density at radius 1 is 1.13 bits per heavy atom. The van der Waals surface area contributed by atoms with Gasteiger partial charge in [0.2, 0.25) is 0 Å². The molecular weight excluding hydrogens is 316 g/mol. The van der Waals surface area contributed by atoms with Gasteiger partial charge in [-0.15, -0.1) is 0 Å². The molecule has 1 atom stereocenters. The molecule has 3 rings (SSSR count). The number of phenolic OH excluding ortho intramolecular Hbond substituents is 2. The Bertz CT molecular complexity index is 698. The summed E-state index contributed by atoms with van der Waals surface area (Å²) in [6.07, 6.45) is 0.833. The van der Waals surface area contributed by atoms with Gasteiger partial charge in [0.25, 0.3) is 5.91 Å². The molecule has 23 heavy (non-hydrogen) atoms. The van der Waals surface area contributed by atoms with Crippen LogP contribution < -0.4 is 10.2 Å². The molecule has 1 aliphatic heterocycles. The van der Waals surface area contributed by atoms with Crippen molar-refractivity contribution in [1.82, 2.24) is 5.32 Å². The highest BCUT2D eigenvalue weighted by Crippen LogP contribution is 2.23. The van der Waals surface area contributed by atoms with Gasteiger partial charge < -0.3 is 20.4 Å². The third kappa shape index (κ3) is 3.68. The molecule has 0 spiro atoms. The highest BCUT2D eigenvalue weighted by Gasteiger charge is 2.24. The van der Waals surface area contributed by atoms with Crippen LogP contribution in [0.4, 0.5) is 5.69 Å². The van der Waals surface area contributed by atoms with E-state index in [1.807, 2.05) is 24.3 Å². The third-order valence-electron chi connectivity index (χ3n) is 3.88. The number of carbonyl (C=O) groups excluding carboxylic acids is 1. The summed E-state index contributed by atoms with van der Waals surface area (Å²) in [5, 5.41) is 22.5. The molecule has 120 valence electrons. The normalized spacial score (nSPS) is 17.3. The molecule has 0 unspecified atom stereocenters. The van der Waals surface area contributed by atoms with Crippen molar-refractivity contribution >= 4 is 23.2 Å². The highest BCUT2D eigenvalue weighted by molar-refractivity contribution is 6.30. The molecule has 1 saturated heterocycles. The zero-order valence-corrected chi connectivity index (χ0v) is 13.1. The Balaban J connectivity index is 1.63. The van der Waals surface area contributed by atoms with Gasteiger partial charge in [0.1, 0.15) is 11.5 Å². The highest BCUT2D eigenvalue weighted by atomic mass is 35.5. The van der Waals surface area contributed by atoms with E-state index in [-0.39, 0.29) is 29.0 Å². The molecule has 0 radical (unpaired) electrons. The third-order valence-corrected chi connectivity index (χ3v) is 4.13. The number of nitrogens with zero attached hydrogens (tertiary/aromatic N) is 1. The number of hydrogen-bond acceptors (Lipinski definition) is 4. The van der Waals surface area contributed by atoms with Crippen LogP contribution in [0.25, 0.3) is 0 Å². The fraction of sp³-hybridized carbons (Fsp3) is 0.235. The minimum absolute atomic E-state index is 0.0164. The quantitative estimate of drug-likeness (QED) is 0.808. The van der Waals surface area contributed by atoms with Gasteiger partial charge in [-0.2, -0.15) is 0 Å². The second-order valence-electron chi connectivity index (χ2n) is 5.62. The maximum atomic E-state index is 12.2. The van der Waals surface area contributed by atoms with Gasteiger partial charge in [0.15, 0.2) is 0 Å². The minimum atomic E-state index is -0.306. The van der Waals surface area contributed by atoms with Crippen molar-refractivity contribution in [3.05, 3.63) is 53.1 Å². The molecule has 1 fully saturated rings. The lowest BCUT2D eigenvalue weighted by Crippen LogP contribution is -2.37. The largest absolute Gasteiger partial charge is 0.508 e. The maximum Gasteiger partial charge on any atom is 0.251 e. The van der Waals surface area contributed by atoms with Gasteiger partial charge in [-0.3, -0.25) is 4.79 Å². The lowest BCUT2D eigenvalue weighted by molar-refractivity contribution is 0.0939. The van der Waals surface area contributed by atoms with Crippen LogP contribution in [0.3, 0.4) is 0 Å². The fourth-order valence-electron chi connectivity index (χ4n) is 2.76. The van der Waals surface area contributed by atoms with E-state index in [0.717, 1.165) is 18.7 Å². The Labute approximate surface area is 139 Å². The molecule has 1 heterocycles. The van der Waals surface area contributed by atoms with Crippen molar-refractivity contribution in [2.24, 2.45) is 0 Å². The topological polar surface area (TPSA) is 72.8 Å². The first kappa shape index (κ1) is 15.5. The van der Waals surface area contributed by atoms with Crippen LogP contribution >= 0.6 is 11.6 Å². The van der Waals surface area contributed by atoms with Crippen LogP contribution in [0.2, 0.25) is 5.02 Å². The van der Waals surface area contributed by atoms with Crippen molar-refractivity contribution < 1.29 is 15.0 Å². The molecule has 0 aliphatic carbocycles. The van der Waals surface area contributed by atoms with Crippen LogP contribution in [-0.2, 0) is 0 Å². The van der Waals surface area contributed by atoms with Gasteiger partial charge in [0.05, 0.1) is 0 Å². The number of hydrogen-bond donors (Lipinski definition) is 3. The smallest absolute Gasteiger partial charge is 0.251 e. The second-order valence-corrected chi connectivity index (χ2v) is 6.06. The van der Waals surface area contributed by atoms with Crippen LogP contribution in [0.15, 0.2) is 42.5 Å². The number of halogens is 1. The summed E-state index contributed by atoms with van der Waals surface area (Å²) in [6, 6.07) is 11.5. The van der Waals surface area contributed by atoms with Gasteiger partial charge in [-0.05, 0) is 42.8 Å². The summed E-state index contributed by atoms with van der Waals surface area (Å²) < 4.78 is 0. The van der Waals surface area contributed by atoms with E-state index in [9.17, 15) is 15.0 Å². The average molecular weight is 333 g/mol. The molecule has 5 nitrogen and oxygen atoms in total. The van der Waals surface area contributed by atoms with Crippen LogP contribution in [-0.4, -0.2) is 35.3 Å². The number of rotatable bonds is 3. The van der Waals surface area contributed by atoms with Crippen LogP contribution in [0, 0.1) is 0 Å². The number of amides is 1. The standard InChI is InChI=1S/C17H17ClN2O3/c18-12-1-3-14(4-2-12)20-6-5-13(10-20)19-17(23)11-7-15(21)9-16(22)8-11/h1-4,7-9,13,21-22H,5-6,10H2,(H,19,23)/t13-/m0/s1. The lowest BCUT2D eigenvalue weighted by Gasteiger charge is -2.19. The van der Waals surface area contributed by atoms with E-state index in [4.69, 9.17) is 11.6 Å². The molecule has 0 saturated carbocycles. The Morgan fingerprint density at radius 2 is 1.78 bits per heavy atom. The summed E-state index contributed by atoms with van der Waals surface area (Å²) >= 11 is 5.89. The predicted molar refractivity (Wildman–Crippen MR) is 89.3 cm³/mol. The molecule has 2 aromatic rings. The van der Waals surface area contributed by atoms with Crippen molar-refractivity contribution in [1.29, 1.82) is 0 Å². The number of nitrogens with one attached hydrogen (secondary N) is 1. The second kappa shape index (κ2) is 6.38. The zero-order chi connectivity index (χ0) is 16.4. The molecule has 1 amide bonds. The molecule has 1 aliphatic rings. The van der Waals surface area contributed by atoms with E-state index in [2.05, 4.69) is 10.2 Å². The summed E-state index contributed by atoms with van der Waals surface area (Å²) in [5.41, 5.74) is 1.31. The van der Waals surface area contributed by atoms with Crippen LogP contribution in [0.1, 0.15) is 16.8 Å². The van der Waals surface area contributed by atoms with Crippen molar-refractivity contribution in [3.8, 4) is 11.5 Å². The van der Waals surface area contributed by atoms with Gasteiger partial charge >= 0.3 is 0 Å². The van der Waals surface area contributed by atoms with Crippen molar-refractivity contribution in [2.45, 2.75) is 12.5 Å². The number of aromatic hydroxyl groups is 2. The minimum Gasteiger partial charge on any atom is -0.508 e. The Kier molecular flexibility index (Phi) is 4.30. The van der Waals surface area contributed by atoms with Crippen molar-refractivity contribution in [2.75, 3.05) is 18.0 Å². The van der Waals surface area contributed by atoms with Gasteiger partial charge in [0, 0.05) is 41.5 Å². The molecule has 3 N–H and O–H groups in total. The van der Waals surface area contributed by atoms with Gasteiger partial charge in [-0.25, -0.2) is 0 Å². The number of benzene rings is 2. The summed E-state index contributed by atoms with van der Waals surface area (Å²) in [5.74, 6) is -0.576. The van der Waals surface area contributed by atoms with Gasteiger partial charge in [-0.1, -0.05) is 11.6 Å². The molecule has 6 heteroatoms. The first-order valence-corrected chi connectivity index (χ1v) is 7.73. The summed E-state index contributed by atoms with van der Waals surface area (Å²) in [4.78, 5) is 14.4. The van der Waals surface area contributed by atoms with E-state index < -0.39 is 0 Å². The summed E-state index contributed by atoms with van der Waals surface area (Å²) in [7, 11) is 0. The molecule has 0 aromatic heterocycles. The first-order valence-electron chi connectivity index (χ1n) is 7.35. The number of carbonyl (C=O) groups is 1. The number of phenols is 2. The maximum absolute atomic E-state index is 12.2. The number of anilines is 1. The average Bonchev–Trinajstić information content (AvgIpc) is 2.95.